The number of halogens is 1. The molecule has 2 aromatic rings. The summed E-state index contributed by atoms with van der Waals surface area (Å²) in [5.74, 6) is 0. The lowest BCUT2D eigenvalue weighted by molar-refractivity contribution is 0.578. The minimum absolute atomic E-state index is 0.0801. The van der Waals surface area contributed by atoms with Crippen LogP contribution in [0, 0.1) is 0 Å². The zero-order chi connectivity index (χ0) is 14.0. The molecule has 0 aliphatic carbocycles. The number of hydrogen-bond donors (Lipinski definition) is 1. The van der Waals surface area contributed by atoms with Crippen LogP contribution in [0.15, 0.2) is 53.0 Å². The van der Waals surface area contributed by atoms with Crippen LogP contribution in [-0.2, 0) is 5.41 Å². The van der Waals surface area contributed by atoms with Crippen LogP contribution in [0.4, 0.5) is 0 Å². The Morgan fingerprint density at radius 1 is 0.947 bits per heavy atom. The summed E-state index contributed by atoms with van der Waals surface area (Å²) in [4.78, 5) is 0. The van der Waals surface area contributed by atoms with Gasteiger partial charge in [0.2, 0.25) is 0 Å². The molecule has 0 saturated carbocycles. The highest BCUT2D eigenvalue weighted by Crippen LogP contribution is 2.31. The molecule has 0 aliphatic heterocycles. The molecule has 19 heavy (non-hydrogen) atoms. The molecule has 2 heteroatoms. The van der Waals surface area contributed by atoms with Crippen molar-refractivity contribution < 1.29 is 0 Å². The van der Waals surface area contributed by atoms with E-state index in [-0.39, 0.29) is 11.5 Å². The second-order valence-corrected chi connectivity index (χ2v) is 6.78. The quantitative estimate of drug-likeness (QED) is 0.846. The first-order chi connectivity index (χ1) is 8.89. The van der Waals surface area contributed by atoms with Crippen molar-refractivity contribution in [2.45, 2.75) is 32.2 Å². The van der Waals surface area contributed by atoms with E-state index in [1.165, 1.54) is 11.1 Å². The van der Waals surface area contributed by atoms with Crippen molar-refractivity contribution in [3.8, 4) is 0 Å². The lowest BCUT2D eigenvalue weighted by atomic mass is 9.81. The van der Waals surface area contributed by atoms with Gasteiger partial charge in [0.15, 0.2) is 0 Å². The summed E-state index contributed by atoms with van der Waals surface area (Å²) < 4.78 is 1.08. The lowest BCUT2D eigenvalue weighted by Crippen LogP contribution is -2.20. The van der Waals surface area contributed by atoms with Crippen LogP contribution in [0.3, 0.4) is 0 Å². The lowest BCUT2D eigenvalue weighted by Gasteiger charge is -2.26. The predicted octanol–water partition coefficient (Wildman–Crippen LogP) is 4.79. The Kier molecular flexibility index (Phi) is 4.12. The Labute approximate surface area is 124 Å². The molecule has 0 bridgehead atoms. The number of nitrogens with two attached hydrogens (primary N) is 1. The van der Waals surface area contributed by atoms with Gasteiger partial charge >= 0.3 is 0 Å². The molecule has 2 rings (SSSR count). The van der Waals surface area contributed by atoms with E-state index in [9.17, 15) is 0 Å². The highest BCUT2D eigenvalue weighted by Gasteiger charge is 2.21. The predicted molar refractivity (Wildman–Crippen MR) is 85.3 cm³/mol. The van der Waals surface area contributed by atoms with E-state index in [2.05, 4.69) is 73.1 Å². The smallest absolute Gasteiger partial charge is 0.0554 e. The molecule has 0 heterocycles. The van der Waals surface area contributed by atoms with E-state index in [1.807, 2.05) is 12.1 Å². The Balaban J connectivity index is 2.44. The minimum atomic E-state index is -0.0801. The van der Waals surface area contributed by atoms with Gasteiger partial charge in [-0.05, 0) is 34.2 Å². The zero-order valence-corrected chi connectivity index (χ0v) is 13.2. The normalized spacial score (nSPS) is 13.3. The third-order valence-corrected chi connectivity index (χ3v) is 3.86. The standard InChI is InChI=1S/C17H20BrN/c1-17(2,3)15-7-5-4-6-14(15)16(19)12-8-10-13(18)11-9-12/h4-11,16H,19H2,1-3H3. The van der Waals surface area contributed by atoms with Crippen molar-refractivity contribution in [2.75, 3.05) is 0 Å². The summed E-state index contributed by atoms with van der Waals surface area (Å²) in [5.41, 5.74) is 10.2. The molecule has 100 valence electrons. The Hall–Kier alpha value is -1.12. The van der Waals surface area contributed by atoms with Crippen molar-refractivity contribution in [3.05, 3.63) is 69.7 Å². The van der Waals surface area contributed by atoms with Crippen molar-refractivity contribution in [1.82, 2.24) is 0 Å². The maximum atomic E-state index is 6.45. The van der Waals surface area contributed by atoms with Gasteiger partial charge in [-0.2, -0.15) is 0 Å². The number of hydrogen-bond acceptors (Lipinski definition) is 1. The van der Waals surface area contributed by atoms with Crippen molar-refractivity contribution >= 4 is 15.9 Å². The molecule has 0 fully saturated rings. The third kappa shape index (κ3) is 3.26. The van der Waals surface area contributed by atoms with E-state index in [0.29, 0.717) is 0 Å². The van der Waals surface area contributed by atoms with Crippen molar-refractivity contribution in [1.29, 1.82) is 0 Å². The van der Waals surface area contributed by atoms with Crippen LogP contribution in [0.2, 0.25) is 0 Å². The summed E-state index contributed by atoms with van der Waals surface area (Å²) in [6, 6.07) is 16.6. The van der Waals surface area contributed by atoms with Crippen molar-refractivity contribution in [3.63, 3.8) is 0 Å². The molecule has 0 saturated heterocycles. The highest BCUT2D eigenvalue weighted by atomic mass is 79.9. The van der Waals surface area contributed by atoms with E-state index < -0.39 is 0 Å². The topological polar surface area (TPSA) is 26.0 Å². The van der Waals surface area contributed by atoms with Gasteiger partial charge in [0.1, 0.15) is 0 Å². The first-order valence-corrected chi connectivity index (χ1v) is 7.29. The first-order valence-electron chi connectivity index (χ1n) is 6.50. The van der Waals surface area contributed by atoms with Gasteiger partial charge in [-0.25, -0.2) is 0 Å². The maximum Gasteiger partial charge on any atom is 0.0554 e. The second-order valence-electron chi connectivity index (χ2n) is 5.87. The molecule has 0 spiro atoms. The van der Waals surface area contributed by atoms with E-state index in [1.54, 1.807) is 0 Å². The van der Waals surface area contributed by atoms with Crippen LogP contribution in [-0.4, -0.2) is 0 Å². The number of rotatable bonds is 2. The second kappa shape index (κ2) is 5.48. The largest absolute Gasteiger partial charge is 0.320 e. The molecule has 1 atom stereocenters. The third-order valence-electron chi connectivity index (χ3n) is 3.33. The van der Waals surface area contributed by atoms with Crippen LogP contribution in [0.25, 0.3) is 0 Å². The fourth-order valence-electron chi connectivity index (χ4n) is 2.30. The minimum Gasteiger partial charge on any atom is -0.320 e. The SMILES string of the molecule is CC(C)(C)c1ccccc1C(N)c1ccc(Br)cc1. The van der Waals surface area contributed by atoms with Gasteiger partial charge in [-0.3, -0.25) is 0 Å². The molecule has 2 aromatic carbocycles. The molecule has 2 N–H and O–H groups in total. The molecular formula is C17H20BrN. The summed E-state index contributed by atoms with van der Waals surface area (Å²) in [7, 11) is 0. The average Bonchev–Trinajstić information content (AvgIpc) is 2.38. The van der Waals surface area contributed by atoms with Crippen molar-refractivity contribution in [2.24, 2.45) is 5.73 Å². The van der Waals surface area contributed by atoms with E-state index >= 15 is 0 Å². The molecule has 1 nitrogen and oxygen atoms in total. The Morgan fingerprint density at radius 3 is 2.11 bits per heavy atom. The van der Waals surface area contributed by atoms with Crippen LogP contribution < -0.4 is 5.73 Å². The van der Waals surface area contributed by atoms with Crippen LogP contribution >= 0.6 is 15.9 Å². The Bertz CT molecular complexity index is 552. The highest BCUT2D eigenvalue weighted by molar-refractivity contribution is 9.10. The molecule has 0 aliphatic rings. The van der Waals surface area contributed by atoms with Gasteiger partial charge in [-0.1, -0.05) is 73.1 Å². The molecule has 1 unspecified atom stereocenters. The summed E-state index contributed by atoms with van der Waals surface area (Å²) >= 11 is 3.46. The monoisotopic (exact) mass is 317 g/mol. The molecule has 0 amide bonds. The fraction of sp³-hybridized carbons (Fsp3) is 0.294. The van der Waals surface area contributed by atoms with E-state index in [0.717, 1.165) is 10.0 Å². The van der Waals surface area contributed by atoms with Gasteiger partial charge in [0.05, 0.1) is 6.04 Å². The fourth-order valence-corrected chi connectivity index (χ4v) is 2.57. The summed E-state index contributed by atoms with van der Waals surface area (Å²) in [6.07, 6.45) is 0. The van der Waals surface area contributed by atoms with Gasteiger partial charge < -0.3 is 5.73 Å². The van der Waals surface area contributed by atoms with Gasteiger partial charge in [0.25, 0.3) is 0 Å². The average molecular weight is 318 g/mol. The van der Waals surface area contributed by atoms with Crippen LogP contribution in [0.5, 0.6) is 0 Å². The summed E-state index contributed by atoms with van der Waals surface area (Å²) in [6.45, 7) is 6.67. The molecule has 0 radical (unpaired) electrons. The molecule has 0 aromatic heterocycles. The maximum absolute atomic E-state index is 6.45. The number of benzene rings is 2. The van der Waals surface area contributed by atoms with Crippen LogP contribution in [0.1, 0.15) is 43.5 Å². The first kappa shape index (κ1) is 14.3. The van der Waals surface area contributed by atoms with Gasteiger partial charge in [0, 0.05) is 4.47 Å². The zero-order valence-electron chi connectivity index (χ0n) is 11.7. The Morgan fingerprint density at radius 2 is 1.53 bits per heavy atom. The van der Waals surface area contributed by atoms with Gasteiger partial charge in [-0.15, -0.1) is 0 Å². The van der Waals surface area contributed by atoms with E-state index in [4.69, 9.17) is 5.73 Å². The molecular weight excluding hydrogens is 298 g/mol. The summed E-state index contributed by atoms with van der Waals surface area (Å²) in [5, 5.41) is 0.